The van der Waals surface area contributed by atoms with Gasteiger partial charge in [0.05, 0.1) is 6.42 Å². The number of phenols is 1. The summed E-state index contributed by atoms with van der Waals surface area (Å²) < 4.78 is 5.22. The molecule has 0 fully saturated rings. The summed E-state index contributed by atoms with van der Waals surface area (Å²) in [6.45, 7) is 10.9. The van der Waals surface area contributed by atoms with Crippen molar-refractivity contribution in [1.29, 1.82) is 0 Å². The van der Waals surface area contributed by atoms with Gasteiger partial charge in [0.15, 0.2) is 0 Å². The number of carbonyl (C=O) groups is 4. The Balaban J connectivity index is 3.36. The zero-order chi connectivity index (χ0) is 26.1. The molecule has 1 rings (SSSR count). The predicted octanol–water partition coefficient (Wildman–Crippen LogP) is 2.28. The second kappa shape index (κ2) is 12.8. The molecule has 10 heteroatoms. The van der Waals surface area contributed by atoms with Crippen molar-refractivity contribution in [3.8, 4) is 5.75 Å². The molecule has 0 bridgehead atoms. The number of nitrogens with one attached hydrogen (secondary N) is 2. The topological polar surface area (TPSA) is 151 Å². The molecule has 1 aromatic rings. The number of benzene rings is 1. The van der Waals surface area contributed by atoms with Crippen LogP contribution in [0.15, 0.2) is 18.2 Å². The third-order valence-corrected chi connectivity index (χ3v) is 4.94. The number of carbonyl (C=O) groups excluding carboxylic acids is 4. The number of hydrogen-bond acceptors (Lipinski definition) is 6. The van der Waals surface area contributed by atoms with E-state index >= 15 is 0 Å². The summed E-state index contributed by atoms with van der Waals surface area (Å²) >= 11 is 0. The number of likely N-dealkylation sites (N-methyl/N-ethyl adjacent to an activating group) is 1. The minimum Gasteiger partial charge on any atom is -0.508 e. The SMILES string of the molecule is CCCCNC(=O)C(c1ccc(O)c(C)c1)N(CC)C(=O)C(CC(N)=O)NC(=O)OC(C)(C)C. The first-order valence-corrected chi connectivity index (χ1v) is 11.5. The standard InChI is InChI=1S/C24H38N4O6/c1-7-9-12-26-21(31)20(16-10-11-18(29)15(3)13-16)28(8-2)22(32)17(14-19(25)30)27-23(33)34-24(4,5)6/h10-11,13,17,20,29H,7-9,12,14H2,1-6H3,(H2,25,30)(H,26,31)(H,27,33). The summed E-state index contributed by atoms with van der Waals surface area (Å²) in [5.41, 5.74) is 5.53. The number of phenolic OH excluding ortho intramolecular Hbond substituents is 1. The Kier molecular flexibility index (Phi) is 10.8. The number of aromatic hydroxyl groups is 1. The average molecular weight is 479 g/mol. The molecule has 0 aromatic heterocycles. The van der Waals surface area contributed by atoms with Crippen LogP contribution in [0.1, 0.15) is 71.0 Å². The van der Waals surface area contributed by atoms with E-state index in [1.54, 1.807) is 46.8 Å². The lowest BCUT2D eigenvalue weighted by atomic mass is 10.00. The Hall–Kier alpha value is -3.30. The molecule has 2 atom stereocenters. The van der Waals surface area contributed by atoms with E-state index in [-0.39, 0.29) is 12.3 Å². The lowest BCUT2D eigenvalue weighted by molar-refractivity contribution is -0.143. The normalized spacial score (nSPS) is 12.9. The van der Waals surface area contributed by atoms with Crippen LogP contribution < -0.4 is 16.4 Å². The van der Waals surface area contributed by atoms with Crippen molar-refractivity contribution in [2.24, 2.45) is 5.73 Å². The maximum Gasteiger partial charge on any atom is 0.408 e. The molecule has 0 saturated carbocycles. The van der Waals surface area contributed by atoms with Crippen molar-refractivity contribution in [2.45, 2.75) is 78.5 Å². The molecule has 34 heavy (non-hydrogen) atoms. The number of nitrogens with zero attached hydrogens (tertiary/aromatic N) is 1. The highest BCUT2D eigenvalue weighted by Gasteiger charge is 2.36. The molecule has 1 aromatic carbocycles. The van der Waals surface area contributed by atoms with E-state index in [2.05, 4.69) is 10.6 Å². The van der Waals surface area contributed by atoms with Crippen LogP contribution in [0.3, 0.4) is 0 Å². The quantitative estimate of drug-likeness (QED) is 0.358. The molecule has 0 spiro atoms. The molecule has 4 amide bonds. The van der Waals surface area contributed by atoms with Crippen molar-refractivity contribution in [3.05, 3.63) is 29.3 Å². The molecule has 10 nitrogen and oxygen atoms in total. The van der Waals surface area contributed by atoms with Crippen molar-refractivity contribution in [2.75, 3.05) is 13.1 Å². The van der Waals surface area contributed by atoms with Gasteiger partial charge in [-0.05, 0) is 64.3 Å². The molecule has 2 unspecified atom stereocenters. The Morgan fingerprint density at radius 3 is 2.32 bits per heavy atom. The fraction of sp³-hybridized carbons (Fsp3) is 0.583. The van der Waals surface area contributed by atoms with Crippen LogP contribution in [0.5, 0.6) is 5.75 Å². The maximum atomic E-state index is 13.5. The lowest BCUT2D eigenvalue weighted by Gasteiger charge is -2.33. The summed E-state index contributed by atoms with van der Waals surface area (Å²) in [7, 11) is 0. The number of ether oxygens (including phenoxy) is 1. The molecule has 0 heterocycles. The number of nitrogens with two attached hydrogens (primary N) is 1. The van der Waals surface area contributed by atoms with E-state index in [1.165, 1.54) is 11.0 Å². The van der Waals surface area contributed by atoms with Crippen LogP contribution in [0.4, 0.5) is 4.79 Å². The van der Waals surface area contributed by atoms with Crippen molar-refractivity contribution in [3.63, 3.8) is 0 Å². The van der Waals surface area contributed by atoms with E-state index in [0.717, 1.165) is 12.8 Å². The first-order chi connectivity index (χ1) is 15.8. The highest BCUT2D eigenvalue weighted by Crippen LogP contribution is 2.27. The van der Waals surface area contributed by atoms with Crippen molar-refractivity contribution >= 4 is 23.8 Å². The molecule has 0 aliphatic heterocycles. The molecule has 5 N–H and O–H groups in total. The van der Waals surface area contributed by atoms with Crippen LogP contribution in [-0.2, 0) is 19.1 Å². The van der Waals surface area contributed by atoms with E-state index in [1.807, 2.05) is 6.92 Å². The third kappa shape index (κ3) is 8.92. The van der Waals surface area contributed by atoms with Gasteiger partial charge in [-0.15, -0.1) is 0 Å². The highest BCUT2D eigenvalue weighted by molar-refractivity contribution is 5.94. The smallest absolute Gasteiger partial charge is 0.408 e. The Bertz CT molecular complexity index is 881. The first-order valence-electron chi connectivity index (χ1n) is 11.5. The van der Waals surface area contributed by atoms with Gasteiger partial charge in [0.25, 0.3) is 0 Å². The van der Waals surface area contributed by atoms with Crippen LogP contribution >= 0.6 is 0 Å². The van der Waals surface area contributed by atoms with Gasteiger partial charge in [-0.3, -0.25) is 14.4 Å². The Morgan fingerprint density at radius 2 is 1.82 bits per heavy atom. The van der Waals surface area contributed by atoms with Gasteiger partial charge in [-0.2, -0.15) is 0 Å². The zero-order valence-corrected chi connectivity index (χ0v) is 20.9. The molecule has 0 saturated heterocycles. The third-order valence-electron chi connectivity index (χ3n) is 4.94. The number of hydrogen-bond donors (Lipinski definition) is 4. The van der Waals surface area contributed by atoms with E-state index < -0.39 is 47.9 Å². The molecule has 0 aliphatic rings. The predicted molar refractivity (Wildman–Crippen MR) is 128 cm³/mol. The highest BCUT2D eigenvalue weighted by atomic mass is 16.6. The minimum atomic E-state index is -1.32. The summed E-state index contributed by atoms with van der Waals surface area (Å²) in [4.78, 5) is 52.0. The molecule has 190 valence electrons. The van der Waals surface area contributed by atoms with E-state index in [9.17, 15) is 24.3 Å². The van der Waals surface area contributed by atoms with Crippen LogP contribution in [0.25, 0.3) is 0 Å². The maximum absolute atomic E-state index is 13.5. The molecule has 0 radical (unpaired) electrons. The summed E-state index contributed by atoms with van der Waals surface area (Å²) in [6.07, 6.45) is 0.290. The first kappa shape index (κ1) is 28.7. The molecule has 0 aliphatic carbocycles. The zero-order valence-electron chi connectivity index (χ0n) is 20.9. The number of alkyl carbamates (subject to hydrolysis) is 1. The van der Waals surface area contributed by atoms with Gasteiger partial charge in [0, 0.05) is 13.1 Å². The summed E-state index contributed by atoms with van der Waals surface area (Å²) in [5, 5.41) is 15.2. The molecular weight excluding hydrogens is 440 g/mol. The Labute approximate surface area is 201 Å². The van der Waals surface area contributed by atoms with Gasteiger partial charge in [0.2, 0.25) is 17.7 Å². The van der Waals surface area contributed by atoms with Gasteiger partial charge in [-0.1, -0.05) is 19.4 Å². The number of aryl methyl sites for hydroxylation is 1. The molecular formula is C24H38N4O6. The van der Waals surface area contributed by atoms with Crippen LogP contribution in [0, 0.1) is 6.92 Å². The number of primary amides is 1. The van der Waals surface area contributed by atoms with Gasteiger partial charge < -0.3 is 31.1 Å². The number of amides is 4. The van der Waals surface area contributed by atoms with E-state index in [0.29, 0.717) is 17.7 Å². The number of unbranched alkanes of at least 4 members (excludes halogenated alkanes) is 1. The van der Waals surface area contributed by atoms with Gasteiger partial charge in [0.1, 0.15) is 23.4 Å². The minimum absolute atomic E-state index is 0.0569. The second-order valence-electron chi connectivity index (χ2n) is 9.09. The van der Waals surface area contributed by atoms with Gasteiger partial charge in [-0.25, -0.2) is 4.79 Å². The summed E-state index contributed by atoms with van der Waals surface area (Å²) in [6, 6.07) is 2.27. The van der Waals surface area contributed by atoms with E-state index in [4.69, 9.17) is 10.5 Å². The van der Waals surface area contributed by atoms with Crippen molar-refractivity contribution in [1.82, 2.24) is 15.5 Å². The van der Waals surface area contributed by atoms with Crippen molar-refractivity contribution < 1.29 is 29.0 Å². The van der Waals surface area contributed by atoms with Crippen LogP contribution in [0.2, 0.25) is 0 Å². The fourth-order valence-corrected chi connectivity index (χ4v) is 3.32. The summed E-state index contributed by atoms with van der Waals surface area (Å²) in [5.74, 6) is -1.81. The largest absolute Gasteiger partial charge is 0.508 e. The monoisotopic (exact) mass is 478 g/mol. The lowest BCUT2D eigenvalue weighted by Crippen LogP contribution is -2.54. The fourth-order valence-electron chi connectivity index (χ4n) is 3.32. The van der Waals surface area contributed by atoms with Gasteiger partial charge >= 0.3 is 6.09 Å². The average Bonchev–Trinajstić information content (AvgIpc) is 2.71. The Morgan fingerprint density at radius 1 is 1.18 bits per heavy atom. The number of rotatable bonds is 11. The van der Waals surface area contributed by atoms with Crippen LogP contribution in [-0.4, -0.2) is 58.6 Å². The second-order valence-corrected chi connectivity index (χ2v) is 9.09.